The summed E-state index contributed by atoms with van der Waals surface area (Å²) in [5, 5.41) is 18.6. The Labute approximate surface area is 203 Å². The van der Waals surface area contributed by atoms with E-state index in [1.54, 1.807) is 55.5 Å². The van der Waals surface area contributed by atoms with E-state index in [-0.39, 0.29) is 17.3 Å². The van der Waals surface area contributed by atoms with Crippen LogP contribution in [0, 0.1) is 18.7 Å². The lowest BCUT2D eigenvalue weighted by atomic mass is 9.97. The van der Waals surface area contributed by atoms with Crippen LogP contribution in [0.3, 0.4) is 0 Å². The molecule has 35 heavy (non-hydrogen) atoms. The normalized spacial score (nSPS) is 14.3. The van der Waals surface area contributed by atoms with E-state index >= 15 is 0 Å². The van der Waals surface area contributed by atoms with Crippen LogP contribution in [0.1, 0.15) is 48.2 Å². The van der Waals surface area contributed by atoms with E-state index in [1.807, 2.05) is 0 Å². The maximum atomic E-state index is 14.1. The monoisotopic (exact) mass is 476 g/mol. The second kappa shape index (κ2) is 11.0. The second-order valence-corrected chi connectivity index (χ2v) is 8.93. The van der Waals surface area contributed by atoms with Crippen molar-refractivity contribution in [1.82, 2.24) is 10.3 Å². The molecule has 1 aliphatic rings. The number of pyridine rings is 1. The third-order valence-electron chi connectivity index (χ3n) is 6.22. The van der Waals surface area contributed by atoms with Crippen LogP contribution in [0.5, 0.6) is 5.75 Å². The van der Waals surface area contributed by atoms with Gasteiger partial charge in [-0.3, -0.25) is 14.6 Å². The molecule has 8 heteroatoms. The van der Waals surface area contributed by atoms with Crippen molar-refractivity contribution in [2.24, 2.45) is 5.92 Å². The molecule has 1 atom stereocenters. The number of benzene rings is 2. The number of nitrogens with one attached hydrogen (secondary N) is 3. The predicted molar refractivity (Wildman–Crippen MR) is 133 cm³/mol. The van der Waals surface area contributed by atoms with Crippen LogP contribution in [-0.4, -0.2) is 27.9 Å². The van der Waals surface area contributed by atoms with Crippen molar-refractivity contribution in [2.45, 2.75) is 45.1 Å². The Morgan fingerprint density at radius 3 is 2.63 bits per heavy atom. The summed E-state index contributed by atoms with van der Waals surface area (Å²) < 4.78 is 14.1. The molecule has 0 aliphatic heterocycles. The molecule has 4 N–H and O–H groups in total. The summed E-state index contributed by atoms with van der Waals surface area (Å²) in [6.07, 6.45) is 5.94. The number of phenols is 1. The zero-order chi connectivity index (χ0) is 24.8. The fourth-order valence-corrected chi connectivity index (χ4v) is 4.38. The van der Waals surface area contributed by atoms with Crippen molar-refractivity contribution in [2.75, 3.05) is 10.6 Å². The zero-order valence-corrected chi connectivity index (χ0v) is 19.6. The average molecular weight is 477 g/mol. The molecule has 1 aromatic heterocycles. The average Bonchev–Trinajstić information content (AvgIpc) is 3.36. The lowest BCUT2D eigenvalue weighted by Gasteiger charge is -2.22. The number of para-hydroxylation sites is 2. The van der Waals surface area contributed by atoms with Gasteiger partial charge in [-0.15, -0.1) is 0 Å². The molecule has 3 aromatic rings. The third-order valence-corrected chi connectivity index (χ3v) is 6.22. The number of aromatic hydroxyl groups is 1. The van der Waals surface area contributed by atoms with Gasteiger partial charge in [-0.25, -0.2) is 4.39 Å². The molecule has 0 radical (unpaired) electrons. The lowest BCUT2D eigenvalue weighted by Crippen LogP contribution is -2.44. The molecule has 1 fully saturated rings. The molecule has 0 bridgehead atoms. The van der Waals surface area contributed by atoms with Crippen LogP contribution in [0.25, 0.3) is 0 Å². The van der Waals surface area contributed by atoms with Gasteiger partial charge in [0.05, 0.1) is 17.6 Å². The fraction of sp³-hybridized carbons (Fsp3) is 0.296. The number of hydrogen-bond donors (Lipinski definition) is 4. The fourth-order valence-electron chi connectivity index (χ4n) is 4.38. The van der Waals surface area contributed by atoms with Gasteiger partial charge in [0.2, 0.25) is 5.91 Å². The highest BCUT2D eigenvalue weighted by molar-refractivity contribution is 6.02. The Hall–Kier alpha value is -3.94. The van der Waals surface area contributed by atoms with Gasteiger partial charge in [-0.05, 0) is 55.7 Å². The number of hydrogen-bond acceptors (Lipinski definition) is 5. The molecule has 0 unspecified atom stereocenters. The first-order valence-electron chi connectivity index (χ1n) is 11.8. The van der Waals surface area contributed by atoms with Gasteiger partial charge >= 0.3 is 0 Å². The molecule has 1 heterocycles. The minimum absolute atomic E-state index is 0.0378. The van der Waals surface area contributed by atoms with Crippen LogP contribution < -0.4 is 16.0 Å². The number of rotatable bonds is 8. The summed E-state index contributed by atoms with van der Waals surface area (Å²) >= 11 is 0. The number of carbonyl (C=O) groups is 2. The molecule has 182 valence electrons. The minimum Gasteiger partial charge on any atom is -0.506 e. The molecular formula is C27H29FN4O3. The number of aryl methyl sites for hydroxylation is 1. The Bertz CT molecular complexity index is 1210. The highest BCUT2D eigenvalue weighted by Crippen LogP contribution is 2.30. The highest BCUT2D eigenvalue weighted by atomic mass is 19.1. The summed E-state index contributed by atoms with van der Waals surface area (Å²) in [5.41, 5.74) is 2.09. The van der Waals surface area contributed by atoms with Crippen molar-refractivity contribution in [3.8, 4) is 5.75 Å². The van der Waals surface area contributed by atoms with Crippen LogP contribution in [0.4, 0.5) is 21.5 Å². The van der Waals surface area contributed by atoms with Crippen LogP contribution in [-0.2, 0) is 4.79 Å². The number of aromatic nitrogens is 1. The van der Waals surface area contributed by atoms with E-state index in [1.165, 1.54) is 6.07 Å². The van der Waals surface area contributed by atoms with Crippen molar-refractivity contribution in [1.29, 1.82) is 0 Å². The van der Waals surface area contributed by atoms with Gasteiger partial charge in [0.15, 0.2) is 5.82 Å². The smallest absolute Gasteiger partial charge is 0.252 e. The highest BCUT2D eigenvalue weighted by Gasteiger charge is 2.27. The molecule has 7 nitrogen and oxygen atoms in total. The van der Waals surface area contributed by atoms with Gasteiger partial charge in [-0.2, -0.15) is 0 Å². The number of amides is 2. The van der Waals surface area contributed by atoms with Gasteiger partial charge < -0.3 is 21.1 Å². The molecule has 4 rings (SSSR count). The van der Waals surface area contributed by atoms with Crippen LogP contribution in [0.2, 0.25) is 0 Å². The molecule has 2 amide bonds. The number of phenolic OH excluding ortho intramolecular Hbond substituents is 1. The van der Waals surface area contributed by atoms with Gasteiger partial charge in [0, 0.05) is 16.9 Å². The van der Waals surface area contributed by atoms with Crippen molar-refractivity contribution >= 4 is 28.9 Å². The first kappa shape index (κ1) is 24.2. The SMILES string of the molecule is Cc1cc(Nc2cccc(C(=O)N[C@@H](CC3CCCC3)C(=O)Nc3ccccc3O)c2)c(F)cn1. The van der Waals surface area contributed by atoms with E-state index in [0.717, 1.165) is 31.9 Å². The molecule has 0 spiro atoms. The van der Waals surface area contributed by atoms with Crippen molar-refractivity contribution in [3.05, 3.63) is 77.9 Å². The summed E-state index contributed by atoms with van der Waals surface area (Å²) in [4.78, 5) is 30.1. The first-order chi connectivity index (χ1) is 16.9. The Morgan fingerprint density at radius 1 is 1.09 bits per heavy atom. The zero-order valence-electron chi connectivity index (χ0n) is 19.6. The minimum atomic E-state index is -0.762. The van der Waals surface area contributed by atoms with Gasteiger partial charge in [0.25, 0.3) is 5.91 Å². The van der Waals surface area contributed by atoms with Gasteiger partial charge in [0.1, 0.15) is 11.8 Å². The number of nitrogens with zero attached hydrogens (tertiary/aromatic N) is 1. The van der Waals surface area contributed by atoms with E-state index in [9.17, 15) is 19.1 Å². The number of halogens is 1. The molecule has 2 aromatic carbocycles. The quantitative estimate of drug-likeness (QED) is 0.331. The standard InChI is InChI=1S/C27H29FN4O3/c1-17-13-23(21(28)16-29-17)30-20-10-6-9-19(15-20)26(34)32-24(14-18-7-2-3-8-18)27(35)31-22-11-4-5-12-25(22)33/h4-6,9-13,15-16,18,24,33H,2-3,7-8,14H2,1H3,(H,29,30)(H,31,35)(H,32,34)/t24-/m0/s1. The largest absolute Gasteiger partial charge is 0.506 e. The Balaban J connectivity index is 1.49. The first-order valence-corrected chi connectivity index (χ1v) is 11.8. The number of anilines is 3. The third kappa shape index (κ3) is 6.35. The van der Waals surface area contributed by atoms with Crippen molar-refractivity contribution in [3.63, 3.8) is 0 Å². The van der Waals surface area contributed by atoms with Crippen LogP contribution in [0.15, 0.2) is 60.8 Å². The summed E-state index contributed by atoms with van der Waals surface area (Å²) in [7, 11) is 0. The molecule has 1 aliphatic carbocycles. The van der Waals surface area contributed by atoms with Crippen molar-refractivity contribution < 1.29 is 19.1 Å². The Kier molecular flexibility index (Phi) is 7.60. The van der Waals surface area contributed by atoms with E-state index in [0.29, 0.717) is 35.0 Å². The molecular weight excluding hydrogens is 447 g/mol. The topological polar surface area (TPSA) is 103 Å². The van der Waals surface area contributed by atoms with E-state index in [2.05, 4.69) is 20.9 Å². The lowest BCUT2D eigenvalue weighted by molar-refractivity contribution is -0.118. The summed E-state index contributed by atoms with van der Waals surface area (Å²) in [5.74, 6) is -0.973. The maximum absolute atomic E-state index is 14.1. The second-order valence-electron chi connectivity index (χ2n) is 8.93. The van der Waals surface area contributed by atoms with E-state index in [4.69, 9.17) is 0 Å². The van der Waals surface area contributed by atoms with Crippen LogP contribution >= 0.6 is 0 Å². The predicted octanol–water partition coefficient (Wildman–Crippen LogP) is 5.30. The van der Waals surface area contributed by atoms with E-state index < -0.39 is 17.8 Å². The number of carbonyl (C=O) groups excluding carboxylic acids is 2. The summed E-state index contributed by atoms with van der Waals surface area (Å²) in [6.45, 7) is 1.76. The molecule has 1 saturated carbocycles. The Morgan fingerprint density at radius 2 is 1.86 bits per heavy atom. The summed E-state index contributed by atoms with van der Waals surface area (Å²) in [6, 6.07) is 14.0. The maximum Gasteiger partial charge on any atom is 0.252 e. The van der Waals surface area contributed by atoms with Gasteiger partial charge in [-0.1, -0.05) is 43.9 Å². The molecule has 0 saturated heterocycles.